The van der Waals surface area contributed by atoms with E-state index in [1.165, 1.54) is 5.56 Å². The van der Waals surface area contributed by atoms with Crippen molar-refractivity contribution in [3.8, 4) is 22.6 Å². The summed E-state index contributed by atoms with van der Waals surface area (Å²) in [5, 5.41) is 2.67. The molecule has 1 heterocycles. The fourth-order valence-corrected chi connectivity index (χ4v) is 4.71. The van der Waals surface area contributed by atoms with Gasteiger partial charge >= 0.3 is 0 Å². The summed E-state index contributed by atoms with van der Waals surface area (Å²) in [6.07, 6.45) is 0.944. The molecule has 178 valence electrons. The number of hydrogen-bond donors (Lipinski definition) is 2. The number of ether oxygens (including phenoxy) is 2. The van der Waals surface area contributed by atoms with E-state index in [9.17, 15) is 13.2 Å². The van der Waals surface area contributed by atoms with Gasteiger partial charge in [0.25, 0.3) is 0 Å². The Kier molecular flexibility index (Phi) is 7.07. The molecule has 0 bridgehead atoms. The summed E-state index contributed by atoms with van der Waals surface area (Å²) < 4.78 is 38.2. The van der Waals surface area contributed by atoms with E-state index in [-0.39, 0.29) is 12.6 Å². The van der Waals surface area contributed by atoms with Gasteiger partial charge < -0.3 is 14.8 Å². The largest absolute Gasteiger partial charge is 0.493 e. The van der Waals surface area contributed by atoms with Crippen LogP contribution in [-0.4, -0.2) is 32.8 Å². The molecule has 3 aromatic rings. The van der Waals surface area contributed by atoms with Gasteiger partial charge in [0.1, 0.15) is 17.3 Å². The third kappa shape index (κ3) is 6.29. The first-order valence-electron chi connectivity index (χ1n) is 11.2. The molecule has 0 fully saturated rings. The lowest BCUT2D eigenvalue weighted by Crippen LogP contribution is -2.32. The lowest BCUT2D eigenvalue weighted by molar-refractivity contribution is -0.118. The number of anilines is 1. The van der Waals surface area contributed by atoms with E-state index < -0.39 is 21.7 Å². The standard InChI is InChI=1S/C26H28N2O5S/c1-18(2)33-24-10-8-23(9-11-24)28-34(30,31)17-26(29)27-16-19-3-5-20(6-4-19)21-7-12-25-22(15-21)13-14-32-25/h3-12,15,18,28H,13-14,16-17H2,1-2H3,(H,27,29). The Morgan fingerprint density at radius 1 is 1.00 bits per heavy atom. The second-order valence-electron chi connectivity index (χ2n) is 8.45. The first-order chi connectivity index (χ1) is 16.3. The van der Waals surface area contributed by atoms with Crippen LogP contribution in [0.2, 0.25) is 0 Å². The highest BCUT2D eigenvalue weighted by atomic mass is 32.2. The van der Waals surface area contributed by atoms with Gasteiger partial charge in [-0.25, -0.2) is 8.42 Å². The summed E-state index contributed by atoms with van der Waals surface area (Å²) in [5.41, 5.74) is 4.65. The molecule has 8 heteroatoms. The maximum Gasteiger partial charge on any atom is 0.241 e. The van der Waals surface area contributed by atoms with E-state index in [1.54, 1.807) is 24.3 Å². The van der Waals surface area contributed by atoms with Crippen LogP contribution in [0, 0.1) is 0 Å². The van der Waals surface area contributed by atoms with Crippen LogP contribution in [0.1, 0.15) is 25.0 Å². The Hall–Kier alpha value is -3.52. The molecule has 0 unspecified atom stereocenters. The molecule has 0 atom stereocenters. The molecule has 1 aliphatic heterocycles. The number of amides is 1. The number of nitrogens with one attached hydrogen (secondary N) is 2. The molecule has 0 aliphatic carbocycles. The minimum Gasteiger partial charge on any atom is -0.493 e. The monoisotopic (exact) mass is 480 g/mol. The summed E-state index contributed by atoms with van der Waals surface area (Å²) in [5.74, 6) is 0.360. The van der Waals surface area contributed by atoms with Gasteiger partial charge in [0.05, 0.1) is 12.7 Å². The number of hydrogen-bond acceptors (Lipinski definition) is 5. The summed E-state index contributed by atoms with van der Waals surface area (Å²) in [6, 6.07) is 20.6. The van der Waals surface area contributed by atoms with Crippen molar-refractivity contribution in [1.82, 2.24) is 5.32 Å². The van der Waals surface area contributed by atoms with Crippen LogP contribution in [0.25, 0.3) is 11.1 Å². The highest BCUT2D eigenvalue weighted by molar-refractivity contribution is 7.93. The predicted octanol–water partition coefficient (Wildman–Crippen LogP) is 4.13. The zero-order chi connectivity index (χ0) is 24.1. The predicted molar refractivity (Wildman–Crippen MR) is 133 cm³/mol. The highest BCUT2D eigenvalue weighted by Crippen LogP contribution is 2.30. The second-order valence-corrected chi connectivity index (χ2v) is 10.2. The highest BCUT2D eigenvalue weighted by Gasteiger charge is 2.17. The zero-order valence-corrected chi connectivity index (χ0v) is 20.0. The van der Waals surface area contributed by atoms with Gasteiger partial charge in [-0.2, -0.15) is 0 Å². The molecule has 7 nitrogen and oxygen atoms in total. The first kappa shape index (κ1) is 23.6. The van der Waals surface area contributed by atoms with Crippen molar-refractivity contribution in [2.24, 2.45) is 0 Å². The summed E-state index contributed by atoms with van der Waals surface area (Å²) >= 11 is 0. The number of rotatable bonds is 9. The van der Waals surface area contributed by atoms with Crippen LogP contribution in [0.5, 0.6) is 11.5 Å². The van der Waals surface area contributed by atoms with Crippen LogP contribution in [0.4, 0.5) is 5.69 Å². The van der Waals surface area contributed by atoms with E-state index in [4.69, 9.17) is 9.47 Å². The zero-order valence-electron chi connectivity index (χ0n) is 19.2. The smallest absolute Gasteiger partial charge is 0.241 e. The Morgan fingerprint density at radius 2 is 1.71 bits per heavy atom. The van der Waals surface area contributed by atoms with Gasteiger partial charge in [-0.1, -0.05) is 30.3 Å². The average Bonchev–Trinajstić information content (AvgIpc) is 3.26. The van der Waals surface area contributed by atoms with E-state index in [0.717, 1.165) is 35.5 Å². The molecule has 1 aliphatic rings. The van der Waals surface area contributed by atoms with Crippen molar-refractivity contribution in [3.63, 3.8) is 0 Å². The van der Waals surface area contributed by atoms with Crippen LogP contribution >= 0.6 is 0 Å². The third-order valence-electron chi connectivity index (χ3n) is 5.29. The SMILES string of the molecule is CC(C)Oc1ccc(NS(=O)(=O)CC(=O)NCc2ccc(-c3ccc4c(c3)CCO4)cc2)cc1. The van der Waals surface area contributed by atoms with Crippen molar-refractivity contribution in [2.75, 3.05) is 17.1 Å². The Morgan fingerprint density at radius 3 is 2.41 bits per heavy atom. The van der Waals surface area contributed by atoms with Gasteiger partial charge in [-0.15, -0.1) is 0 Å². The van der Waals surface area contributed by atoms with E-state index in [1.807, 2.05) is 50.2 Å². The average molecular weight is 481 g/mol. The van der Waals surface area contributed by atoms with Crippen molar-refractivity contribution >= 4 is 21.6 Å². The maximum atomic E-state index is 12.4. The minimum atomic E-state index is -3.84. The van der Waals surface area contributed by atoms with Gasteiger partial charge in [0.2, 0.25) is 15.9 Å². The quantitative estimate of drug-likeness (QED) is 0.480. The van der Waals surface area contributed by atoms with Crippen LogP contribution in [-0.2, 0) is 27.8 Å². The van der Waals surface area contributed by atoms with Crippen LogP contribution < -0.4 is 19.5 Å². The van der Waals surface area contributed by atoms with E-state index in [2.05, 4.69) is 16.1 Å². The molecule has 34 heavy (non-hydrogen) atoms. The lowest BCUT2D eigenvalue weighted by atomic mass is 10.0. The minimum absolute atomic E-state index is 0.0245. The van der Waals surface area contributed by atoms with Gasteiger partial charge in [-0.3, -0.25) is 9.52 Å². The van der Waals surface area contributed by atoms with E-state index in [0.29, 0.717) is 11.4 Å². The van der Waals surface area contributed by atoms with Crippen LogP contribution in [0.15, 0.2) is 66.7 Å². The number of carbonyl (C=O) groups excluding carboxylic acids is 1. The molecule has 0 saturated carbocycles. The topological polar surface area (TPSA) is 93.7 Å². The van der Waals surface area contributed by atoms with Crippen LogP contribution in [0.3, 0.4) is 0 Å². The van der Waals surface area contributed by atoms with Crippen molar-refractivity contribution in [2.45, 2.75) is 32.9 Å². The molecular formula is C26H28N2O5S. The Labute approximate surface area is 200 Å². The Balaban J connectivity index is 1.28. The fourth-order valence-electron chi connectivity index (χ4n) is 3.69. The number of benzene rings is 3. The Bertz CT molecular complexity index is 1250. The second kappa shape index (κ2) is 10.2. The molecule has 4 rings (SSSR count). The maximum absolute atomic E-state index is 12.4. The van der Waals surface area contributed by atoms with Crippen molar-refractivity contribution in [1.29, 1.82) is 0 Å². The van der Waals surface area contributed by atoms with Gasteiger partial charge in [0.15, 0.2) is 0 Å². The lowest BCUT2D eigenvalue weighted by Gasteiger charge is -2.12. The summed E-state index contributed by atoms with van der Waals surface area (Å²) in [7, 11) is -3.84. The summed E-state index contributed by atoms with van der Waals surface area (Å²) in [6.45, 7) is 4.79. The fraction of sp³-hybridized carbons (Fsp3) is 0.269. The molecule has 0 spiro atoms. The molecule has 3 aromatic carbocycles. The molecule has 1 amide bonds. The van der Waals surface area contributed by atoms with Gasteiger partial charge in [-0.05, 0) is 72.5 Å². The van der Waals surface area contributed by atoms with E-state index >= 15 is 0 Å². The van der Waals surface area contributed by atoms with Crippen molar-refractivity contribution in [3.05, 3.63) is 77.9 Å². The molecule has 0 radical (unpaired) electrons. The third-order valence-corrected chi connectivity index (χ3v) is 6.48. The van der Waals surface area contributed by atoms with Crippen molar-refractivity contribution < 1.29 is 22.7 Å². The summed E-state index contributed by atoms with van der Waals surface area (Å²) in [4.78, 5) is 12.2. The number of fused-ring (bicyclic) bond motifs is 1. The van der Waals surface area contributed by atoms with Gasteiger partial charge in [0, 0.05) is 18.7 Å². The molecule has 0 saturated heterocycles. The number of carbonyl (C=O) groups is 1. The normalized spacial score (nSPS) is 12.7. The first-order valence-corrected chi connectivity index (χ1v) is 12.8. The molecule has 0 aromatic heterocycles. The molecule has 2 N–H and O–H groups in total. The number of sulfonamides is 1. The molecular weight excluding hydrogens is 452 g/mol.